The Bertz CT molecular complexity index is 60.2. The number of rotatable bonds is 0. The standard InChI is InChI=1S/Cr.H3O4P/c;1-5(2,3)4/h;(H3,1,2,3,4)/q+3;/p-1. The van der Waals surface area contributed by atoms with Crippen molar-refractivity contribution in [2.45, 2.75) is 0 Å². The van der Waals surface area contributed by atoms with Gasteiger partial charge < -0.3 is 19.2 Å². The molecule has 0 aromatic carbocycles. The summed E-state index contributed by atoms with van der Waals surface area (Å²) in [6, 6.07) is 0. The summed E-state index contributed by atoms with van der Waals surface area (Å²) in [5, 5.41) is 0. The third-order valence-electron chi connectivity index (χ3n) is 0. The van der Waals surface area contributed by atoms with Crippen LogP contribution in [-0.2, 0) is 21.9 Å². The van der Waals surface area contributed by atoms with Crippen LogP contribution in [0.25, 0.3) is 0 Å². The second-order valence-electron chi connectivity index (χ2n) is 0.447. The van der Waals surface area contributed by atoms with Gasteiger partial charge in [0.1, 0.15) is 0 Å². The molecule has 4 nitrogen and oxygen atoms in total. The van der Waals surface area contributed by atoms with E-state index in [-0.39, 0.29) is 20.2 Å². The minimum Gasteiger partial charge on any atom is -0.822 e. The molecule has 0 fully saturated rings. The molecule has 0 aromatic rings. The van der Waals surface area contributed by atoms with Gasteiger partial charge in [0.25, 0.3) is 0 Å². The van der Waals surface area contributed by atoms with E-state index in [0.717, 1.165) is 0 Å². The second kappa shape index (κ2) is 2.76. The summed E-state index contributed by atoms with van der Waals surface area (Å²) in [6.45, 7) is 0. The summed E-state index contributed by atoms with van der Waals surface area (Å²) in [5.74, 6) is 0. The van der Waals surface area contributed by atoms with Crippen molar-refractivity contribution in [1.82, 2.24) is 0 Å². The van der Waals surface area contributed by atoms with Gasteiger partial charge in [-0.3, -0.25) is 0 Å². The summed E-state index contributed by atoms with van der Waals surface area (Å²) >= 11 is 0. The zero-order chi connectivity index (χ0) is 4.50. The third-order valence-corrected chi connectivity index (χ3v) is 0. The molecule has 6 heteroatoms. The molecule has 0 aliphatic rings. The van der Waals surface area contributed by atoms with E-state index in [4.69, 9.17) is 19.2 Å². The Kier molecular flexibility index (Phi) is 4.51. The van der Waals surface area contributed by atoms with E-state index in [2.05, 4.69) is 0 Å². The van der Waals surface area contributed by atoms with E-state index < -0.39 is 7.82 Å². The molecular weight excluding hydrogens is 147 g/mol. The monoisotopic (exact) mass is 149 g/mol. The largest absolute Gasteiger partial charge is 3.00 e. The molecule has 0 unspecified atom stereocenters. The maximum Gasteiger partial charge on any atom is 3.00 e. The third kappa shape index (κ3) is 149. The Morgan fingerprint density at radius 3 is 1.33 bits per heavy atom. The van der Waals surface area contributed by atoms with Crippen LogP contribution in [0.1, 0.15) is 2.85 Å². The SMILES string of the molecule is O=P([O-])([O-])[O-].[Cr+3].[H+].[H+]. The molecule has 0 aliphatic carbocycles. The first-order valence-corrected chi connectivity index (χ1v) is 2.19. The van der Waals surface area contributed by atoms with Crippen LogP contribution in [0, 0.1) is 0 Å². The van der Waals surface area contributed by atoms with Crippen molar-refractivity contribution in [2.24, 2.45) is 0 Å². The average Bonchev–Trinajstić information content (AvgIpc) is 0.722. The van der Waals surface area contributed by atoms with Gasteiger partial charge in [-0.1, -0.05) is 0 Å². The topological polar surface area (TPSA) is 86.2 Å². The number of hydrogen-bond acceptors (Lipinski definition) is 4. The van der Waals surface area contributed by atoms with Crippen LogP contribution >= 0.6 is 7.82 Å². The van der Waals surface area contributed by atoms with E-state index in [1.165, 1.54) is 0 Å². The first kappa shape index (κ1) is 9.81. The molecular formula is H2CrO4P+2. The fraction of sp³-hybridized carbons (Fsp3) is 0. The van der Waals surface area contributed by atoms with Crippen LogP contribution in [-0.4, -0.2) is 0 Å². The van der Waals surface area contributed by atoms with E-state index in [1.807, 2.05) is 0 Å². The van der Waals surface area contributed by atoms with Gasteiger partial charge in [0.05, 0.1) is 0 Å². The molecule has 1 radical (unpaired) electrons. The number of phosphoric acid groups is 1. The predicted octanol–water partition coefficient (Wildman–Crippen LogP) is -2.60. The van der Waals surface area contributed by atoms with Crippen LogP contribution in [0.3, 0.4) is 0 Å². The first-order valence-electron chi connectivity index (χ1n) is 0.730. The van der Waals surface area contributed by atoms with Crippen molar-refractivity contribution in [1.29, 1.82) is 0 Å². The molecule has 0 heterocycles. The van der Waals surface area contributed by atoms with E-state index in [1.54, 1.807) is 0 Å². The summed E-state index contributed by atoms with van der Waals surface area (Å²) in [7, 11) is -5.39. The Labute approximate surface area is 48.1 Å². The van der Waals surface area contributed by atoms with Gasteiger partial charge in [0.15, 0.2) is 0 Å². The molecule has 0 rings (SSSR count). The summed E-state index contributed by atoms with van der Waals surface area (Å²) in [5.41, 5.74) is 0. The van der Waals surface area contributed by atoms with Gasteiger partial charge in [-0.05, 0) is 0 Å². The molecule has 0 saturated carbocycles. The van der Waals surface area contributed by atoms with Crippen molar-refractivity contribution >= 4 is 7.82 Å². The van der Waals surface area contributed by atoms with Gasteiger partial charge in [0, 0.05) is 0 Å². The smallest absolute Gasteiger partial charge is 0.822 e. The summed E-state index contributed by atoms with van der Waals surface area (Å²) in [4.78, 5) is 25.6. The van der Waals surface area contributed by atoms with Crippen LogP contribution in [0.4, 0.5) is 0 Å². The zero-order valence-corrected chi connectivity index (χ0v) is 4.66. The van der Waals surface area contributed by atoms with Gasteiger partial charge >= 0.3 is 20.2 Å². The second-order valence-corrected chi connectivity index (χ2v) is 1.34. The van der Waals surface area contributed by atoms with Crippen LogP contribution in [0.5, 0.6) is 0 Å². The Hall–Kier alpha value is 0.642. The molecule has 0 N–H and O–H groups in total. The Morgan fingerprint density at radius 1 is 1.33 bits per heavy atom. The molecule has 0 atom stereocenters. The Morgan fingerprint density at radius 2 is 1.33 bits per heavy atom. The van der Waals surface area contributed by atoms with Gasteiger partial charge in [-0.15, -0.1) is 0 Å². The minimum absolute atomic E-state index is 0. The fourth-order valence-electron chi connectivity index (χ4n) is 0. The van der Waals surface area contributed by atoms with E-state index >= 15 is 0 Å². The summed E-state index contributed by atoms with van der Waals surface area (Å²) < 4.78 is 8.55. The van der Waals surface area contributed by atoms with E-state index in [0.29, 0.717) is 0 Å². The van der Waals surface area contributed by atoms with Gasteiger partial charge in [0.2, 0.25) is 0 Å². The molecule has 0 bridgehead atoms. The van der Waals surface area contributed by atoms with Gasteiger partial charge in [-0.25, -0.2) is 0 Å². The minimum atomic E-state index is -5.39. The van der Waals surface area contributed by atoms with Crippen molar-refractivity contribution in [3.05, 3.63) is 0 Å². The fourth-order valence-corrected chi connectivity index (χ4v) is 0. The van der Waals surface area contributed by atoms with Crippen LogP contribution < -0.4 is 14.7 Å². The normalized spacial score (nSPS) is 9.83. The van der Waals surface area contributed by atoms with Crippen molar-refractivity contribution in [2.75, 3.05) is 0 Å². The van der Waals surface area contributed by atoms with Crippen LogP contribution in [0.15, 0.2) is 0 Å². The van der Waals surface area contributed by atoms with Crippen molar-refractivity contribution < 1.29 is 39.5 Å². The quantitative estimate of drug-likeness (QED) is 0.353. The summed E-state index contributed by atoms with van der Waals surface area (Å²) in [6.07, 6.45) is 0. The van der Waals surface area contributed by atoms with Crippen molar-refractivity contribution in [3.63, 3.8) is 0 Å². The first-order chi connectivity index (χ1) is 2.00. The van der Waals surface area contributed by atoms with Gasteiger partial charge in [-0.2, -0.15) is 7.82 Å². The molecule has 6 heavy (non-hydrogen) atoms. The molecule has 35 valence electrons. The van der Waals surface area contributed by atoms with Crippen molar-refractivity contribution in [3.8, 4) is 0 Å². The average molecular weight is 149 g/mol. The molecule has 0 spiro atoms. The molecule has 0 saturated heterocycles. The van der Waals surface area contributed by atoms with Crippen LogP contribution in [0.2, 0.25) is 0 Å². The molecule has 0 amide bonds. The van der Waals surface area contributed by atoms with E-state index in [9.17, 15) is 0 Å². The number of hydrogen-bond donors (Lipinski definition) is 0. The Balaban J connectivity index is -0.0000000267. The molecule has 0 aliphatic heterocycles. The maximum atomic E-state index is 8.55. The maximum absolute atomic E-state index is 8.55. The zero-order valence-electron chi connectivity index (χ0n) is 4.49. The predicted molar refractivity (Wildman–Crippen MR) is 9.83 cm³/mol. The molecule has 0 aromatic heterocycles.